The van der Waals surface area contributed by atoms with Crippen molar-refractivity contribution in [3.05, 3.63) is 12.7 Å². The molecule has 0 aliphatic carbocycles. The number of aldehydes is 1. The predicted molar refractivity (Wildman–Crippen MR) is 40.8 cm³/mol. The lowest BCUT2D eigenvalue weighted by Gasteiger charge is -2.15. The van der Waals surface area contributed by atoms with E-state index in [1.807, 2.05) is 6.92 Å². The number of carbonyl (C=O) groups excluding carboxylic acids is 1. The van der Waals surface area contributed by atoms with E-state index in [2.05, 4.69) is 6.58 Å². The molecule has 0 bridgehead atoms. The van der Waals surface area contributed by atoms with Crippen LogP contribution in [0.2, 0.25) is 0 Å². The minimum Gasteiger partial charge on any atom is -0.377 e. The molecule has 2 atom stereocenters. The topological polar surface area (TPSA) is 26.3 Å². The van der Waals surface area contributed by atoms with Crippen molar-refractivity contribution in [2.45, 2.75) is 19.4 Å². The molecule has 0 amide bonds. The van der Waals surface area contributed by atoms with Gasteiger partial charge in [-0.2, -0.15) is 0 Å². The van der Waals surface area contributed by atoms with Gasteiger partial charge in [0, 0.05) is 13.0 Å². The average Bonchev–Trinajstić information content (AvgIpc) is 2.00. The van der Waals surface area contributed by atoms with Crippen molar-refractivity contribution in [3.63, 3.8) is 0 Å². The van der Waals surface area contributed by atoms with Crippen LogP contribution in [0.25, 0.3) is 0 Å². The molecule has 2 heteroatoms. The molecule has 10 heavy (non-hydrogen) atoms. The molecule has 0 fully saturated rings. The van der Waals surface area contributed by atoms with Crippen LogP contribution in [0.4, 0.5) is 0 Å². The van der Waals surface area contributed by atoms with E-state index in [0.29, 0.717) is 0 Å². The van der Waals surface area contributed by atoms with E-state index in [4.69, 9.17) is 4.74 Å². The van der Waals surface area contributed by atoms with Gasteiger partial charge in [0.25, 0.3) is 0 Å². The molecular weight excluding hydrogens is 128 g/mol. The quantitative estimate of drug-likeness (QED) is 0.428. The van der Waals surface area contributed by atoms with Gasteiger partial charge in [0.2, 0.25) is 0 Å². The molecule has 0 N–H and O–H groups in total. The number of hydrogen-bond acceptors (Lipinski definition) is 2. The Balaban J connectivity index is 3.93. The molecular formula is C8H14O2. The number of rotatable bonds is 5. The summed E-state index contributed by atoms with van der Waals surface area (Å²) >= 11 is 0. The van der Waals surface area contributed by atoms with Gasteiger partial charge in [-0.25, -0.2) is 0 Å². The van der Waals surface area contributed by atoms with Crippen LogP contribution in [0.1, 0.15) is 13.3 Å². The zero-order valence-electron chi connectivity index (χ0n) is 6.54. The summed E-state index contributed by atoms with van der Waals surface area (Å²) in [4.78, 5) is 10.4. The van der Waals surface area contributed by atoms with Crippen molar-refractivity contribution >= 4 is 6.29 Å². The van der Waals surface area contributed by atoms with Gasteiger partial charge in [-0.3, -0.25) is 0 Å². The van der Waals surface area contributed by atoms with Crippen LogP contribution in [0.5, 0.6) is 0 Å². The predicted octanol–water partition coefficient (Wildman–Crippen LogP) is 1.41. The average molecular weight is 142 g/mol. The summed E-state index contributed by atoms with van der Waals surface area (Å²) in [7, 11) is 1.58. The lowest BCUT2D eigenvalue weighted by Crippen LogP contribution is -2.20. The largest absolute Gasteiger partial charge is 0.377 e. The van der Waals surface area contributed by atoms with Gasteiger partial charge in [0.15, 0.2) is 0 Å². The Hall–Kier alpha value is -0.630. The second-order valence-electron chi connectivity index (χ2n) is 2.14. The van der Waals surface area contributed by atoms with Crippen LogP contribution in [0.15, 0.2) is 12.7 Å². The standard InChI is InChI=1S/C8H14O2/c1-4-7(6-9)8(5-2)10-3/h5-8H,2,4H2,1,3H3. The summed E-state index contributed by atoms with van der Waals surface area (Å²) in [6.07, 6.45) is 3.24. The first-order valence-electron chi connectivity index (χ1n) is 3.40. The van der Waals surface area contributed by atoms with Gasteiger partial charge < -0.3 is 9.53 Å². The second kappa shape index (κ2) is 5.18. The van der Waals surface area contributed by atoms with E-state index in [1.54, 1.807) is 13.2 Å². The van der Waals surface area contributed by atoms with E-state index in [1.165, 1.54) is 0 Å². The maximum absolute atomic E-state index is 10.4. The number of methoxy groups -OCH3 is 1. The first-order chi connectivity index (χ1) is 4.79. The zero-order chi connectivity index (χ0) is 7.98. The third kappa shape index (κ3) is 2.31. The van der Waals surface area contributed by atoms with Gasteiger partial charge in [0.1, 0.15) is 6.29 Å². The monoisotopic (exact) mass is 142 g/mol. The van der Waals surface area contributed by atoms with Gasteiger partial charge in [-0.05, 0) is 6.42 Å². The van der Waals surface area contributed by atoms with Crippen molar-refractivity contribution in [2.24, 2.45) is 5.92 Å². The van der Waals surface area contributed by atoms with E-state index < -0.39 is 0 Å². The van der Waals surface area contributed by atoms with Crippen molar-refractivity contribution in [1.29, 1.82) is 0 Å². The molecule has 0 aromatic rings. The molecule has 0 rings (SSSR count). The molecule has 2 nitrogen and oxygen atoms in total. The fourth-order valence-electron chi connectivity index (χ4n) is 0.852. The second-order valence-corrected chi connectivity index (χ2v) is 2.14. The molecule has 0 aromatic carbocycles. The molecule has 58 valence electrons. The van der Waals surface area contributed by atoms with Crippen LogP contribution in [0, 0.1) is 5.92 Å². The Labute approximate surface area is 61.9 Å². The lowest BCUT2D eigenvalue weighted by atomic mass is 10.0. The molecule has 0 saturated heterocycles. The highest BCUT2D eigenvalue weighted by atomic mass is 16.5. The maximum Gasteiger partial charge on any atom is 0.125 e. The van der Waals surface area contributed by atoms with Gasteiger partial charge >= 0.3 is 0 Å². The van der Waals surface area contributed by atoms with Crippen LogP contribution in [-0.2, 0) is 9.53 Å². The van der Waals surface area contributed by atoms with E-state index >= 15 is 0 Å². The molecule has 0 radical (unpaired) electrons. The Kier molecular flexibility index (Phi) is 4.85. The molecule has 2 unspecified atom stereocenters. The summed E-state index contributed by atoms with van der Waals surface area (Å²) < 4.78 is 4.99. The van der Waals surface area contributed by atoms with E-state index in [-0.39, 0.29) is 12.0 Å². The highest BCUT2D eigenvalue weighted by molar-refractivity contribution is 5.54. The molecule has 0 spiro atoms. The first kappa shape index (κ1) is 9.37. The van der Waals surface area contributed by atoms with E-state index in [9.17, 15) is 4.79 Å². The maximum atomic E-state index is 10.4. The summed E-state index contributed by atoms with van der Waals surface area (Å²) in [6, 6.07) is 0. The Morgan fingerprint density at radius 2 is 2.30 bits per heavy atom. The third-order valence-electron chi connectivity index (χ3n) is 1.57. The van der Waals surface area contributed by atoms with Gasteiger partial charge in [-0.1, -0.05) is 13.0 Å². The zero-order valence-corrected chi connectivity index (χ0v) is 6.54. The van der Waals surface area contributed by atoms with Crippen LogP contribution in [-0.4, -0.2) is 19.5 Å². The van der Waals surface area contributed by atoms with Gasteiger partial charge in [-0.15, -0.1) is 6.58 Å². The molecule has 0 aliphatic rings. The summed E-state index contributed by atoms with van der Waals surface area (Å²) in [5.41, 5.74) is 0. The van der Waals surface area contributed by atoms with Crippen molar-refractivity contribution in [2.75, 3.05) is 7.11 Å². The molecule has 0 saturated carbocycles. The molecule has 0 aliphatic heterocycles. The number of carbonyl (C=O) groups is 1. The summed E-state index contributed by atoms with van der Waals surface area (Å²) in [5.74, 6) is -0.0394. The lowest BCUT2D eigenvalue weighted by molar-refractivity contribution is -0.114. The van der Waals surface area contributed by atoms with Crippen molar-refractivity contribution in [1.82, 2.24) is 0 Å². The van der Waals surface area contributed by atoms with Crippen LogP contribution in [0.3, 0.4) is 0 Å². The number of hydrogen-bond donors (Lipinski definition) is 0. The van der Waals surface area contributed by atoms with Crippen LogP contribution < -0.4 is 0 Å². The highest BCUT2D eigenvalue weighted by Crippen LogP contribution is 2.09. The van der Waals surface area contributed by atoms with E-state index in [0.717, 1.165) is 12.7 Å². The fraction of sp³-hybridized carbons (Fsp3) is 0.625. The minimum absolute atomic E-state index is 0.0394. The van der Waals surface area contributed by atoms with Gasteiger partial charge in [0.05, 0.1) is 6.10 Å². The number of ether oxygens (including phenoxy) is 1. The Bertz CT molecular complexity index is 95.8. The minimum atomic E-state index is -0.123. The first-order valence-corrected chi connectivity index (χ1v) is 3.40. The Morgan fingerprint density at radius 3 is 2.40 bits per heavy atom. The van der Waals surface area contributed by atoms with Crippen molar-refractivity contribution in [3.8, 4) is 0 Å². The summed E-state index contributed by atoms with van der Waals surface area (Å²) in [6.45, 7) is 5.52. The normalized spacial score (nSPS) is 15.8. The smallest absolute Gasteiger partial charge is 0.125 e. The SMILES string of the molecule is C=CC(OC)C(C=O)CC. The molecule has 0 heterocycles. The van der Waals surface area contributed by atoms with Crippen molar-refractivity contribution < 1.29 is 9.53 Å². The third-order valence-corrected chi connectivity index (χ3v) is 1.57. The fourth-order valence-corrected chi connectivity index (χ4v) is 0.852. The highest BCUT2D eigenvalue weighted by Gasteiger charge is 2.14. The van der Waals surface area contributed by atoms with Crippen LogP contribution >= 0.6 is 0 Å². The summed E-state index contributed by atoms with van der Waals surface area (Å²) in [5, 5.41) is 0. The molecule has 0 aromatic heterocycles. The Morgan fingerprint density at radius 1 is 1.70 bits per heavy atom.